The molecule has 1 aliphatic heterocycles. The van der Waals surface area contributed by atoms with E-state index >= 15 is 0 Å². The van der Waals surface area contributed by atoms with Crippen molar-refractivity contribution in [1.82, 2.24) is 0 Å². The van der Waals surface area contributed by atoms with E-state index in [-0.39, 0.29) is 6.61 Å². The van der Waals surface area contributed by atoms with Gasteiger partial charge in [0.2, 0.25) is 0 Å². The van der Waals surface area contributed by atoms with Gasteiger partial charge in [-0.3, -0.25) is 0 Å². The third-order valence-electron chi connectivity index (χ3n) is 3.95. The van der Waals surface area contributed by atoms with Crippen LogP contribution in [0.3, 0.4) is 0 Å². The second-order valence-corrected chi connectivity index (χ2v) is 5.20. The Hall–Kier alpha value is -1.66. The summed E-state index contributed by atoms with van der Waals surface area (Å²) in [5.41, 5.74) is 0.665. The first-order valence-corrected chi connectivity index (χ1v) is 6.85. The molecule has 1 aliphatic rings. The highest BCUT2D eigenvalue weighted by atomic mass is 16.6. The smallest absolute Gasteiger partial charge is 0.125 e. The molecule has 0 unspecified atom stereocenters. The van der Waals surface area contributed by atoms with Crippen molar-refractivity contribution in [2.45, 2.75) is 24.4 Å². The van der Waals surface area contributed by atoms with Crippen LogP contribution >= 0.6 is 0 Å². The van der Waals surface area contributed by atoms with Crippen molar-refractivity contribution < 1.29 is 24.8 Å². The Kier molecular flexibility index (Phi) is 3.82. The van der Waals surface area contributed by atoms with Gasteiger partial charge in [0.15, 0.2) is 0 Å². The molecule has 0 saturated carbocycles. The normalized spacial score (nSPS) is 29.0. The SMILES string of the molecule is COc1cc2ccccc2cc1[C@@H]1O[C@H](CO)[C@@H](O)[C@H]1O. The zero-order valence-corrected chi connectivity index (χ0v) is 11.6. The molecule has 0 bridgehead atoms. The molecule has 1 fully saturated rings. The molecule has 3 rings (SSSR count). The molecular weight excluding hydrogens is 272 g/mol. The van der Waals surface area contributed by atoms with E-state index in [1.165, 1.54) is 0 Å². The van der Waals surface area contributed by atoms with Crippen LogP contribution in [0.25, 0.3) is 10.8 Å². The van der Waals surface area contributed by atoms with E-state index in [2.05, 4.69) is 0 Å². The summed E-state index contributed by atoms with van der Waals surface area (Å²) in [7, 11) is 1.55. The van der Waals surface area contributed by atoms with Crippen LogP contribution in [0.1, 0.15) is 11.7 Å². The second kappa shape index (κ2) is 5.61. The van der Waals surface area contributed by atoms with Gasteiger partial charge in [0.1, 0.15) is 30.2 Å². The first kappa shape index (κ1) is 14.3. The van der Waals surface area contributed by atoms with Gasteiger partial charge in [0.05, 0.1) is 13.7 Å². The van der Waals surface area contributed by atoms with E-state index in [9.17, 15) is 15.3 Å². The van der Waals surface area contributed by atoms with Crippen LogP contribution in [0.15, 0.2) is 36.4 Å². The van der Waals surface area contributed by atoms with Crippen molar-refractivity contribution in [3.63, 3.8) is 0 Å². The third kappa shape index (κ3) is 2.38. The standard InChI is InChI=1S/C16H18O5/c1-20-12-7-10-5-3-2-4-9(10)6-11(12)16-15(19)14(18)13(8-17)21-16/h2-7,13-19H,8H2,1H3/t13-,14-,15-,16+/m1/s1. The highest BCUT2D eigenvalue weighted by Crippen LogP contribution is 2.39. The summed E-state index contributed by atoms with van der Waals surface area (Å²) < 4.78 is 11.0. The van der Waals surface area contributed by atoms with Crippen LogP contribution in [0.2, 0.25) is 0 Å². The molecule has 1 heterocycles. The number of fused-ring (bicyclic) bond motifs is 1. The molecule has 3 N–H and O–H groups in total. The van der Waals surface area contributed by atoms with E-state index in [1.54, 1.807) is 7.11 Å². The number of hydrogen-bond acceptors (Lipinski definition) is 5. The number of aliphatic hydroxyl groups is 3. The van der Waals surface area contributed by atoms with Crippen molar-refractivity contribution >= 4 is 10.8 Å². The molecule has 5 nitrogen and oxygen atoms in total. The second-order valence-electron chi connectivity index (χ2n) is 5.20. The summed E-state index contributed by atoms with van der Waals surface area (Å²) in [6, 6.07) is 11.6. The van der Waals surface area contributed by atoms with Crippen LogP contribution in [0.4, 0.5) is 0 Å². The fourth-order valence-electron chi connectivity index (χ4n) is 2.79. The summed E-state index contributed by atoms with van der Waals surface area (Å²) >= 11 is 0. The van der Waals surface area contributed by atoms with Crippen molar-refractivity contribution in [2.75, 3.05) is 13.7 Å². The highest BCUT2D eigenvalue weighted by molar-refractivity contribution is 5.85. The summed E-state index contributed by atoms with van der Waals surface area (Å²) in [6.45, 7) is -0.343. The molecule has 112 valence electrons. The van der Waals surface area contributed by atoms with Crippen LogP contribution in [0.5, 0.6) is 5.75 Å². The molecule has 1 saturated heterocycles. The Bertz CT molecular complexity index is 642. The van der Waals surface area contributed by atoms with Gasteiger partial charge in [-0.15, -0.1) is 0 Å². The minimum absolute atomic E-state index is 0.343. The zero-order valence-electron chi connectivity index (χ0n) is 11.6. The maximum atomic E-state index is 10.2. The van der Waals surface area contributed by atoms with Gasteiger partial charge in [-0.05, 0) is 22.9 Å². The number of aliphatic hydroxyl groups excluding tert-OH is 3. The third-order valence-corrected chi connectivity index (χ3v) is 3.95. The maximum absolute atomic E-state index is 10.2. The average Bonchev–Trinajstić information content (AvgIpc) is 2.81. The van der Waals surface area contributed by atoms with Gasteiger partial charge >= 0.3 is 0 Å². The lowest BCUT2D eigenvalue weighted by Crippen LogP contribution is -2.32. The fourth-order valence-corrected chi connectivity index (χ4v) is 2.79. The number of ether oxygens (including phenoxy) is 2. The predicted octanol–water partition coefficient (Wildman–Crippen LogP) is 1.00. The van der Waals surface area contributed by atoms with Crippen LogP contribution in [0, 0.1) is 0 Å². The Morgan fingerprint density at radius 2 is 1.76 bits per heavy atom. The number of methoxy groups -OCH3 is 1. The molecule has 0 spiro atoms. The molecule has 0 aliphatic carbocycles. The van der Waals surface area contributed by atoms with Gasteiger partial charge in [-0.25, -0.2) is 0 Å². The van der Waals surface area contributed by atoms with Crippen molar-refractivity contribution in [1.29, 1.82) is 0 Å². The van der Waals surface area contributed by atoms with E-state index in [4.69, 9.17) is 9.47 Å². The van der Waals surface area contributed by atoms with E-state index in [0.29, 0.717) is 11.3 Å². The molecule has 4 atom stereocenters. The summed E-state index contributed by atoms with van der Waals surface area (Å²) in [4.78, 5) is 0. The monoisotopic (exact) mass is 290 g/mol. The molecule has 5 heteroatoms. The quantitative estimate of drug-likeness (QED) is 0.786. The van der Waals surface area contributed by atoms with Gasteiger partial charge in [-0.1, -0.05) is 24.3 Å². The zero-order chi connectivity index (χ0) is 15.0. The molecule has 0 aromatic heterocycles. The van der Waals surface area contributed by atoms with Crippen molar-refractivity contribution in [2.24, 2.45) is 0 Å². The average molecular weight is 290 g/mol. The first-order chi connectivity index (χ1) is 10.2. The largest absolute Gasteiger partial charge is 0.496 e. The van der Waals surface area contributed by atoms with Gasteiger partial charge < -0.3 is 24.8 Å². The Labute approximate surface area is 122 Å². The Morgan fingerprint density at radius 1 is 1.10 bits per heavy atom. The number of hydrogen-bond donors (Lipinski definition) is 3. The predicted molar refractivity (Wildman–Crippen MR) is 77.2 cm³/mol. The molecule has 2 aromatic carbocycles. The summed E-state index contributed by atoms with van der Waals surface area (Å²) in [5.74, 6) is 0.587. The van der Waals surface area contributed by atoms with Gasteiger partial charge in [0, 0.05) is 5.56 Å². The molecule has 0 amide bonds. The van der Waals surface area contributed by atoms with Crippen LogP contribution in [-0.4, -0.2) is 47.3 Å². The lowest BCUT2D eigenvalue weighted by molar-refractivity contribution is -0.0232. The summed E-state index contributed by atoms with van der Waals surface area (Å²) in [5, 5.41) is 31.3. The highest BCUT2D eigenvalue weighted by Gasteiger charge is 2.44. The Morgan fingerprint density at radius 3 is 2.33 bits per heavy atom. The van der Waals surface area contributed by atoms with Crippen LogP contribution < -0.4 is 4.74 Å². The van der Waals surface area contributed by atoms with E-state index in [1.807, 2.05) is 36.4 Å². The first-order valence-electron chi connectivity index (χ1n) is 6.85. The molecule has 21 heavy (non-hydrogen) atoms. The topological polar surface area (TPSA) is 79.2 Å². The lowest BCUT2D eigenvalue weighted by Gasteiger charge is -2.19. The van der Waals surface area contributed by atoms with Crippen molar-refractivity contribution in [3.8, 4) is 5.75 Å². The minimum Gasteiger partial charge on any atom is -0.496 e. The van der Waals surface area contributed by atoms with E-state index < -0.39 is 24.4 Å². The number of rotatable bonds is 3. The van der Waals surface area contributed by atoms with Crippen molar-refractivity contribution in [3.05, 3.63) is 42.0 Å². The van der Waals surface area contributed by atoms with Gasteiger partial charge in [-0.2, -0.15) is 0 Å². The molecule has 2 aromatic rings. The number of benzene rings is 2. The molecule has 0 radical (unpaired) electrons. The maximum Gasteiger partial charge on any atom is 0.125 e. The molecular formula is C16H18O5. The van der Waals surface area contributed by atoms with Crippen LogP contribution in [-0.2, 0) is 4.74 Å². The Balaban J connectivity index is 2.07. The lowest BCUT2D eigenvalue weighted by atomic mass is 9.97. The van der Waals surface area contributed by atoms with Gasteiger partial charge in [0.25, 0.3) is 0 Å². The summed E-state index contributed by atoms with van der Waals surface area (Å²) in [6.07, 6.45) is -3.73. The van der Waals surface area contributed by atoms with E-state index in [0.717, 1.165) is 10.8 Å². The fraction of sp³-hybridized carbons (Fsp3) is 0.375. The minimum atomic E-state index is -1.11.